The van der Waals surface area contributed by atoms with Crippen molar-refractivity contribution in [3.63, 3.8) is 0 Å². The van der Waals surface area contributed by atoms with Gasteiger partial charge in [0.25, 0.3) is 0 Å². The molecular weight excluding hydrogens is 98.1 g/mol. The van der Waals surface area contributed by atoms with E-state index in [-0.39, 0.29) is 0 Å². The van der Waals surface area contributed by atoms with Gasteiger partial charge in [-0.15, -0.1) is 12.3 Å². The molecule has 0 aromatic heterocycles. The van der Waals surface area contributed by atoms with E-state index < -0.39 is 0 Å². The van der Waals surface area contributed by atoms with Crippen LogP contribution in [0.5, 0.6) is 0 Å². The Bertz CT molecular complexity index is 108. The van der Waals surface area contributed by atoms with E-state index in [1.165, 1.54) is 12.8 Å². The SMILES string of the molecule is C#CCC(N)C1CC1. The minimum absolute atomic E-state index is 0.292. The van der Waals surface area contributed by atoms with E-state index in [9.17, 15) is 0 Å². The Hall–Kier alpha value is -0.480. The predicted octanol–water partition coefficient (Wildman–Crippen LogP) is 0.747. The van der Waals surface area contributed by atoms with Gasteiger partial charge in [-0.25, -0.2) is 0 Å². The molecule has 1 atom stereocenters. The van der Waals surface area contributed by atoms with Crippen LogP contribution in [0.25, 0.3) is 0 Å². The van der Waals surface area contributed by atoms with E-state index in [4.69, 9.17) is 12.2 Å². The van der Waals surface area contributed by atoms with Crippen molar-refractivity contribution in [2.75, 3.05) is 0 Å². The smallest absolute Gasteiger partial charge is 0.0241 e. The summed E-state index contributed by atoms with van der Waals surface area (Å²) in [6.07, 6.45) is 8.41. The fraction of sp³-hybridized carbons (Fsp3) is 0.714. The normalized spacial score (nSPS) is 22.0. The van der Waals surface area contributed by atoms with Crippen molar-refractivity contribution in [3.05, 3.63) is 0 Å². The van der Waals surface area contributed by atoms with Crippen LogP contribution < -0.4 is 5.73 Å². The molecule has 0 aromatic rings. The number of hydrogen-bond acceptors (Lipinski definition) is 1. The lowest BCUT2D eigenvalue weighted by atomic mass is 10.1. The molecule has 1 heteroatoms. The Labute approximate surface area is 50.3 Å². The summed E-state index contributed by atoms with van der Waals surface area (Å²) in [6, 6.07) is 0.292. The molecule has 1 aliphatic carbocycles. The highest BCUT2D eigenvalue weighted by Crippen LogP contribution is 2.32. The third kappa shape index (κ3) is 1.24. The van der Waals surface area contributed by atoms with Crippen LogP contribution in [0.3, 0.4) is 0 Å². The maximum absolute atomic E-state index is 5.65. The third-order valence-corrected chi connectivity index (χ3v) is 1.58. The molecule has 1 nitrogen and oxygen atoms in total. The van der Waals surface area contributed by atoms with Gasteiger partial charge >= 0.3 is 0 Å². The second-order valence-corrected chi connectivity index (χ2v) is 2.41. The molecule has 8 heavy (non-hydrogen) atoms. The van der Waals surface area contributed by atoms with Gasteiger partial charge in [-0.2, -0.15) is 0 Å². The van der Waals surface area contributed by atoms with E-state index in [2.05, 4.69) is 5.92 Å². The summed E-state index contributed by atoms with van der Waals surface area (Å²) in [4.78, 5) is 0. The van der Waals surface area contributed by atoms with Crippen molar-refractivity contribution < 1.29 is 0 Å². The van der Waals surface area contributed by atoms with Gasteiger partial charge in [0.15, 0.2) is 0 Å². The lowest BCUT2D eigenvalue weighted by molar-refractivity contribution is 0.610. The molecule has 0 aliphatic heterocycles. The summed E-state index contributed by atoms with van der Waals surface area (Å²) in [5.41, 5.74) is 5.65. The number of rotatable bonds is 2. The summed E-state index contributed by atoms with van der Waals surface area (Å²) in [5.74, 6) is 3.32. The quantitative estimate of drug-likeness (QED) is 0.520. The zero-order valence-electron chi connectivity index (χ0n) is 4.93. The average Bonchev–Trinajstić information content (AvgIpc) is 2.45. The van der Waals surface area contributed by atoms with E-state index in [1.54, 1.807) is 0 Å². The lowest BCUT2D eigenvalue weighted by Crippen LogP contribution is -2.20. The molecule has 0 spiro atoms. The van der Waals surface area contributed by atoms with Crippen LogP contribution in [-0.2, 0) is 0 Å². The van der Waals surface area contributed by atoms with Crippen molar-refractivity contribution in [2.45, 2.75) is 25.3 Å². The number of nitrogens with two attached hydrogens (primary N) is 1. The molecule has 1 fully saturated rings. The first-order valence-corrected chi connectivity index (χ1v) is 3.03. The first-order valence-electron chi connectivity index (χ1n) is 3.03. The van der Waals surface area contributed by atoms with E-state index in [0.29, 0.717) is 6.04 Å². The summed E-state index contributed by atoms with van der Waals surface area (Å²) < 4.78 is 0. The van der Waals surface area contributed by atoms with Crippen LogP contribution in [0.1, 0.15) is 19.3 Å². The Morgan fingerprint density at radius 3 is 2.75 bits per heavy atom. The fourth-order valence-corrected chi connectivity index (χ4v) is 0.827. The van der Waals surface area contributed by atoms with Crippen molar-refractivity contribution in [1.29, 1.82) is 0 Å². The van der Waals surface area contributed by atoms with Gasteiger partial charge in [-0.05, 0) is 18.8 Å². The molecule has 1 saturated carbocycles. The Balaban J connectivity index is 2.15. The maximum Gasteiger partial charge on any atom is 0.0241 e. The maximum atomic E-state index is 5.65. The number of hydrogen-bond donors (Lipinski definition) is 1. The van der Waals surface area contributed by atoms with Gasteiger partial charge < -0.3 is 5.73 Å². The molecule has 0 amide bonds. The van der Waals surface area contributed by atoms with Crippen molar-refractivity contribution in [3.8, 4) is 12.3 Å². The van der Waals surface area contributed by atoms with Crippen molar-refractivity contribution >= 4 is 0 Å². The summed E-state index contributed by atoms with van der Waals surface area (Å²) in [6.45, 7) is 0. The predicted molar refractivity (Wildman–Crippen MR) is 34.1 cm³/mol. The van der Waals surface area contributed by atoms with E-state index in [1.807, 2.05) is 0 Å². The highest BCUT2D eigenvalue weighted by Gasteiger charge is 2.27. The third-order valence-electron chi connectivity index (χ3n) is 1.58. The monoisotopic (exact) mass is 109 g/mol. The van der Waals surface area contributed by atoms with Gasteiger partial charge in [-0.1, -0.05) is 0 Å². The first-order chi connectivity index (χ1) is 3.84. The van der Waals surface area contributed by atoms with Gasteiger partial charge in [-0.3, -0.25) is 0 Å². The molecule has 2 N–H and O–H groups in total. The Morgan fingerprint density at radius 2 is 2.38 bits per heavy atom. The molecule has 0 bridgehead atoms. The molecule has 0 saturated heterocycles. The zero-order chi connectivity index (χ0) is 5.98. The Kier molecular flexibility index (Phi) is 1.55. The first kappa shape index (κ1) is 5.65. The van der Waals surface area contributed by atoms with E-state index >= 15 is 0 Å². The standard InChI is InChI=1S/C7H11N/c1-2-3-7(8)6-4-5-6/h1,6-7H,3-5,8H2. The molecule has 0 aromatic carbocycles. The second-order valence-electron chi connectivity index (χ2n) is 2.41. The topological polar surface area (TPSA) is 26.0 Å². The van der Waals surface area contributed by atoms with Gasteiger partial charge in [0.1, 0.15) is 0 Å². The van der Waals surface area contributed by atoms with Crippen molar-refractivity contribution in [2.24, 2.45) is 11.7 Å². The van der Waals surface area contributed by atoms with Crippen LogP contribution in [0.2, 0.25) is 0 Å². The highest BCUT2D eigenvalue weighted by atomic mass is 14.7. The van der Waals surface area contributed by atoms with Gasteiger partial charge in [0.2, 0.25) is 0 Å². The van der Waals surface area contributed by atoms with Crippen LogP contribution in [0, 0.1) is 18.3 Å². The molecule has 1 aliphatic rings. The second kappa shape index (κ2) is 2.19. The van der Waals surface area contributed by atoms with Gasteiger partial charge in [0.05, 0.1) is 0 Å². The number of terminal acetylenes is 1. The Morgan fingerprint density at radius 1 is 1.75 bits per heavy atom. The average molecular weight is 109 g/mol. The lowest BCUT2D eigenvalue weighted by Gasteiger charge is -2.02. The minimum Gasteiger partial charge on any atom is -0.327 e. The van der Waals surface area contributed by atoms with Crippen LogP contribution in [-0.4, -0.2) is 6.04 Å². The van der Waals surface area contributed by atoms with Crippen LogP contribution >= 0.6 is 0 Å². The molecule has 0 radical (unpaired) electrons. The highest BCUT2D eigenvalue weighted by molar-refractivity contribution is 4.94. The van der Waals surface area contributed by atoms with E-state index in [0.717, 1.165) is 12.3 Å². The van der Waals surface area contributed by atoms with Crippen LogP contribution in [0.4, 0.5) is 0 Å². The molecular formula is C7H11N. The molecule has 0 heterocycles. The summed E-state index contributed by atoms with van der Waals surface area (Å²) >= 11 is 0. The van der Waals surface area contributed by atoms with Gasteiger partial charge in [0, 0.05) is 12.5 Å². The largest absolute Gasteiger partial charge is 0.327 e. The molecule has 1 rings (SSSR count). The summed E-state index contributed by atoms with van der Waals surface area (Å²) in [7, 11) is 0. The molecule has 1 unspecified atom stereocenters. The minimum atomic E-state index is 0.292. The zero-order valence-corrected chi connectivity index (χ0v) is 4.93. The van der Waals surface area contributed by atoms with Crippen LogP contribution in [0.15, 0.2) is 0 Å². The molecule has 44 valence electrons. The summed E-state index contributed by atoms with van der Waals surface area (Å²) in [5, 5.41) is 0. The fourth-order valence-electron chi connectivity index (χ4n) is 0.827. The van der Waals surface area contributed by atoms with Crippen molar-refractivity contribution in [1.82, 2.24) is 0 Å².